The summed E-state index contributed by atoms with van der Waals surface area (Å²) < 4.78 is 0. The van der Waals surface area contributed by atoms with Crippen LogP contribution in [0.4, 0.5) is 11.4 Å². The molecule has 0 aliphatic carbocycles. The number of benzene rings is 2. The fourth-order valence-electron chi connectivity index (χ4n) is 2.21. The van der Waals surface area contributed by atoms with Gasteiger partial charge in [0.15, 0.2) is 0 Å². The van der Waals surface area contributed by atoms with Crippen LogP contribution in [0.2, 0.25) is 0 Å². The Bertz CT molecular complexity index is 529. The van der Waals surface area contributed by atoms with Crippen molar-refractivity contribution in [3.8, 4) is 0 Å². The highest BCUT2D eigenvalue weighted by Gasteiger charge is 2.04. The van der Waals surface area contributed by atoms with Crippen LogP contribution in [0.1, 0.15) is 18.1 Å². The van der Waals surface area contributed by atoms with Gasteiger partial charge in [-0.3, -0.25) is 0 Å². The normalized spacial score (nSPS) is 12.2. The SMILES string of the molecule is Cc1cccc(N(C)c2ccc(CC(C)N)cc2)c1. The van der Waals surface area contributed by atoms with Gasteiger partial charge in [-0.15, -0.1) is 0 Å². The Morgan fingerprint density at radius 2 is 1.74 bits per heavy atom. The largest absolute Gasteiger partial charge is 0.345 e. The van der Waals surface area contributed by atoms with Crippen molar-refractivity contribution in [2.75, 3.05) is 11.9 Å². The maximum atomic E-state index is 5.82. The molecule has 19 heavy (non-hydrogen) atoms. The van der Waals surface area contributed by atoms with Gasteiger partial charge in [-0.05, 0) is 55.7 Å². The van der Waals surface area contributed by atoms with Crippen LogP contribution in [0.15, 0.2) is 48.5 Å². The molecule has 1 atom stereocenters. The number of nitrogens with zero attached hydrogens (tertiary/aromatic N) is 1. The highest BCUT2D eigenvalue weighted by molar-refractivity contribution is 5.63. The molecule has 0 aliphatic rings. The third kappa shape index (κ3) is 3.58. The molecule has 0 spiro atoms. The monoisotopic (exact) mass is 254 g/mol. The first-order valence-corrected chi connectivity index (χ1v) is 6.71. The first-order valence-electron chi connectivity index (χ1n) is 6.71. The van der Waals surface area contributed by atoms with Crippen LogP contribution in [-0.4, -0.2) is 13.1 Å². The predicted octanol–water partition coefficient (Wildman–Crippen LogP) is 3.65. The van der Waals surface area contributed by atoms with E-state index in [9.17, 15) is 0 Å². The van der Waals surface area contributed by atoms with Gasteiger partial charge in [0.25, 0.3) is 0 Å². The molecule has 0 heterocycles. The Balaban J connectivity index is 2.17. The standard InChI is InChI=1S/C17H22N2/c1-13-5-4-6-17(11-13)19(3)16-9-7-15(8-10-16)12-14(2)18/h4-11,14H,12,18H2,1-3H3. The van der Waals surface area contributed by atoms with Gasteiger partial charge in [-0.2, -0.15) is 0 Å². The number of anilines is 2. The second-order valence-electron chi connectivity index (χ2n) is 5.25. The smallest absolute Gasteiger partial charge is 0.0410 e. The second-order valence-corrected chi connectivity index (χ2v) is 5.25. The van der Waals surface area contributed by atoms with E-state index < -0.39 is 0 Å². The van der Waals surface area contributed by atoms with Crippen LogP contribution in [0.25, 0.3) is 0 Å². The molecule has 0 aliphatic heterocycles. The molecule has 2 heteroatoms. The minimum Gasteiger partial charge on any atom is -0.345 e. The quantitative estimate of drug-likeness (QED) is 0.902. The average molecular weight is 254 g/mol. The second kappa shape index (κ2) is 5.89. The van der Waals surface area contributed by atoms with Crippen LogP contribution in [-0.2, 0) is 6.42 Å². The number of hydrogen-bond donors (Lipinski definition) is 1. The molecule has 0 radical (unpaired) electrons. The van der Waals surface area contributed by atoms with Gasteiger partial charge in [-0.25, -0.2) is 0 Å². The van der Waals surface area contributed by atoms with Crippen molar-refractivity contribution in [1.82, 2.24) is 0 Å². The molecule has 2 nitrogen and oxygen atoms in total. The summed E-state index contributed by atoms with van der Waals surface area (Å²) in [6.45, 7) is 4.15. The molecule has 2 aromatic carbocycles. The van der Waals surface area contributed by atoms with Gasteiger partial charge in [0.05, 0.1) is 0 Å². The maximum Gasteiger partial charge on any atom is 0.0410 e. The summed E-state index contributed by atoms with van der Waals surface area (Å²) in [6.07, 6.45) is 0.925. The molecular formula is C17H22N2. The molecule has 0 aromatic heterocycles. The van der Waals surface area contributed by atoms with Crippen molar-refractivity contribution >= 4 is 11.4 Å². The van der Waals surface area contributed by atoms with Crippen molar-refractivity contribution < 1.29 is 0 Å². The van der Waals surface area contributed by atoms with Crippen molar-refractivity contribution in [1.29, 1.82) is 0 Å². The van der Waals surface area contributed by atoms with Crippen LogP contribution >= 0.6 is 0 Å². The van der Waals surface area contributed by atoms with Crippen molar-refractivity contribution in [3.05, 3.63) is 59.7 Å². The van der Waals surface area contributed by atoms with E-state index in [-0.39, 0.29) is 6.04 Å². The van der Waals surface area contributed by atoms with E-state index in [1.807, 2.05) is 6.92 Å². The van der Waals surface area contributed by atoms with E-state index in [4.69, 9.17) is 5.73 Å². The van der Waals surface area contributed by atoms with Crippen molar-refractivity contribution in [2.24, 2.45) is 5.73 Å². The Morgan fingerprint density at radius 3 is 2.32 bits per heavy atom. The molecule has 0 amide bonds. The van der Waals surface area contributed by atoms with Crippen LogP contribution < -0.4 is 10.6 Å². The predicted molar refractivity (Wildman–Crippen MR) is 83.0 cm³/mol. The fraction of sp³-hybridized carbons (Fsp3) is 0.294. The van der Waals surface area contributed by atoms with Gasteiger partial charge in [-0.1, -0.05) is 24.3 Å². The molecule has 0 fully saturated rings. The summed E-state index contributed by atoms with van der Waals surface area (Å²) >= 11 is 0. The molecule has 1 unspecified atom stereocenters. The molecule has 2 N–H and O–H groups in total. The summed E-state index contributed by atoms with van der Waals surface area (Å²) in [5, 5.41) is 0. The summed E-state index contributed by atoms with van der Waals surface area (Å²) in [5.74, 6) is 0. The molecule has 2 aromatic rings. The summed E-state index contributed by atoms with van der Waals surface area (Å²) in [6, 6.07) is 17.4. The van der Waals surface area contributed by atoms with E-state index in [0.717, 1.165) is 6.42 Å². The fourth-order valence-corrected chi connectivity index (χ4v) is 2.21. The highest BCUT2D eigenvalue weighted by Crippen LogP contribution is 2.24. The number of nitrogens with two attached hydrogens (primary N) is 1. The molecule has 0 saturated carbocycles. The minimum atomic E-state index is 0.209. The zero-order valence-corrected chi connectivity index (χ0v) is 11.9. The first kappa shape index (κ1) is 13.6. The third-order valence-corrected chi connectivity index (χ3v) is 3.27. The zero-order valence-electron chi connectivity index (χ0n) is 11.9. The maximum absolute atomic E-state index is 5.82. The lowest BCUT2D eigenvalue weighted by molar-refractivity contribution is 0.738. The Hall–Kier alpha value is -1.80. The summed E-state index contributed by atoms with van der Waals surface area (Å²) in [7, 11) is 2.09. The Morgan fingerprint density at radius 1 is 1.05 bits per heavy atom. The van der Waals surface area contributed by atoms with Gasteiger partial charge in [0.1, 0.15) is 0 Å². The third-order valence-electron chi connectivity index (χ3n) is 3.27. The van der Waals surface area contributed by atoms with Crippen LogP contribution in [0, 0.1) is 6.92 Å². The minimum absolute atomic E-state index is 0.209. The Kier molecular flexibility index (Phi) is 4.23. The first-order chi connectivity index (χ1) is 9.06. The lowest BCUT2D eigenvalue weighted by Gasteiger charge is -2.20. The van der Waals surface area contributed by atoms with Crippen LogP contribution in [0.5, 0.6) is 0 Å². The number of aryl methyl sites for hydroxylation is 1. The van der Waals surface area contributed by atoms with Crippen LogP contribution in [0.3, 0.4) is 0 Å². The summed E-state index contributed by atoms with van der Waals surface area (Å²) in [5.41, 5.74) is 10.8. The molecule has 0 saturated heterocycles. The van der Waals surface area contributed by atoms with E-state index >= 15 is 0 Å². The zero-order chi connectivity index (χ0) is 13.8. The van der Waals surface area contributed by atoms with Crippen molar-refractivity contribution in [2.45, 2.75) is 26.3 Å². The number of rotatable bonds is 4. The van der Waals surface area contributed by atoms with E-state index in [2.05, 4.69) is 67.4 Å². The summed E-state index contributed by atoms with van der Waals surface area (Å²) in [4.78, 5) is 2.20. The molecular weight excluding hydrogens is 232 g/mol. The van der Waals surface area contributed by atoms with Gasteiger partial charge in [0, 0.05) is 24.5 Å². The van der Waals surface area contributed by atoms with Gasteiger partial charge < -0.3 is 10.6 Å². The van der Waals surface area contributed by atoms with Crippen molar-refractivity contribution in [3.63, 3.8) is 0 Å². The van der Waals surface area contributed by atoms with E-state index in [1.54, 1.807) is 0 Å². The molecule has 0 bridgehead atoms. The van der Waals surface area contributed by atoms with Gasteiger partial charge >= 0.3 is 0 Å². The Labute approximate surface area is 115 Å². The van der Waals surface area contributed by atoms with Gasteiger partial charge in [0.2, 0.25) is 0 Å². The lowest BCUT2D eigenvalue weighted by Crippen LogP contribution is -2.17. The van der Waals surface area contributed by atoms with E-state index in [1.165, 1.54) is 22.5 Å². The molecule has 100 valence electrons. The highest BCUT2D eigenvalue weighted by atomic mass is 15.1. The topological polar surface area (TPSA) is 29.3 Å². The average Bonchev–Trinajstić information content (AvgIpc) is 2.38. The molecule has 2 rings (SSSR count). The number of hydrogen-bond acceptors (Lipinski definition) is 2. The van der Waals surface area contributed by atoms with E-state index in [0.29, 0.717) is 0 Å². The lowest BCUT2D eigenvalue weighted by atomic mass is 10.1.